The van der Waals surface area contributed by atoms with Crippen molar-refractivity contribution in [2.45, 2.75) is 322 Å². The summed E-state index contributed by atoms with van der Waals surface area (Å²) in [5.74, 6) is -2.02. The summed E-state index contributed by atoms with van der Waals surface area (Å²) in [4.78, 5) is 37.8. The molecule has 0 aliphatic heterocycles. The van der Waals surface area contributed by atoms with Crippen molar-refractivity contribution < 1.29 is 42.9 Å². The van der Waals surface area contributed by atoms with Crippen molar-refractivity contribution in [3.8, 4) is 0 Å². The Bertz CT molecular complexity index is 2460. The number of carbonyl (C=O) groups excluding carboxylic acids is 2. The summed E-state index contributed by atoms with van der Waals surface area (Å²) in [5, 5.41) is 9.78. The van der Waals surface area contributed by atoms with Crippen LogP contribution in [0.25, 0.3) is 0 Å². The van der Waals surface area contributed by atoms with Crippen LogP contribution < -0.4 is 0 Å². The number of allylic oxidation sites excluding steroid dienone is 34. The molecule has 9 heteroatoms. The molecule has 0 fully saturated rings. The number of esters is 2. The molecule has 0 aliphatic carbocycles. The van der Waals surface area contributed by atoms with E-state index >= 15 is 0 Å². The smallest absolute Gasteiger partial charge is 0.361 e. The fourth-order valence-corrected chi connectivity index (χ4v) is 10.8. The molecule has 0 aromatic carbocycles. The summed E-state index contributed by atoms with van der Waals surface area (Å²) in [6.07, 6.45) is 124. The van der Waals surface area contributed by atoms with Crippen LogP contribution in [0.15, 0.2) is 207 Å². The highest BCUT2D eigenvalue weighted by Crippen LogP contribution is 2.17. The third kappa shape index (κ3) is 83.0. The lowest BCUT2D eigenvalue weighted by Gasteiger charge is -2.25. The van der Waals surface area contributed by atoms with E-state index < -0.39 is 24.3 Å². The molecule has 0 heterocycles. The lowest BCUT2D eigenvalue weighted by atomic mass is 10.0. The normalized spacial score (nSPS) is 13.8. The summed E-state index contributed by atoms with van der Waals surface area (Å²) in [6, 6.07) is 0. The molecule has 0 saturated carbocycles. The highest BCUT2D eigenvalue weighted by Gasteiger charge is 2.25. The molecule has 0 bridgehead atoms. The molecule has 0 amide bonds. The zero-order valence-corrected chi connectivity index (χ0v) is 66.4. The Morgan fingerprint density at radius 1 is 0.291 bits per heavy atom. The number of carboxylic acid groups (broad SMARTS) is 1. The number of carboxylic acids is 1. The molecule has 1 N–H and O–H groups in total. The first-order chi connectivity index (χ1) is 50.6. The number of likely N-dealkylation sites (N-methyl/N-ethyl adjacent to an activating group) is 1. The van der Waals surface area contributed by atoms with Crippen LogP contribution in [0.5, 0.6) is 0 Å². The number of quaternary nitrogens is 1. The van der Waals surface area contributed by atoms with E-state index in [0.29, 0.717) is 23.9 Å². The standard InChI is InChI=1S/C94H151NO8/c1-6-8-10-12-14-16-18-20-22-24-26-28-30-32-34-36-38-40-42-44-46-48-50-52-54-56-58-60-62-64-66-68-70-72-74-76-78-80-82-84-91(96)101-88-90(89-102-94(93(98)99)100-87-86-95(3,4)5)103-92(97)85-83-81-79-77-75-73-71-69-67-65-63-61-59-57-55-53-51-49-47-45-43-41-39-37-35-33-31-29-27-25-23-21-19-17-15-13-11-9-7-2/h8-11,14-17,20-23,26-29,32-35,38-41,44-47,51,53,57,59,63,65,90,94H,6-7,12-13,18-19,24-25,30-31,36-37,42-43,48-50,52,54-56,58,60-62,64,66-89H2,1-5H3/p+1/b10-8-,11-9-,16-14-,17-15-,22-20-,23-21-,28-26-,29-27-,34-32-,35-33-,40-38-,41-39-,46-44-,47-45-,53-51-,59-57-,65-63-. The predicted molar refractivity (Wildman–Crippen MR) is 446 cm³/mol. The van der Waals surface area contributed by atoms with Crippen molar-refractivity contribution in [3.05, 3.63) is 207 Å². The Hall–Kier alpha value is -6.13. The van der Waals surface area contributed by atoms with Crippen molar-refractivity contribution >= 4 is 17.9 Å². The molecule has 0 spiro atoms. The average molecular weight is 1420 g/mol. The minimum Gasteiger partial charge on any atom is -0.477 e. The van der Waals surface area contributed by atoms with E-state index in [-0.39, 0.29) is 32.2 Å². The molecule has 2 unspecified atom stereocenters. The first-order valence-corrected chi connectivity index (χ1v) is 41.2. The van der Waals surface area contributed by atoms with Gasteiger partial charge in [0, 0.05) is 12.8 Å². The zero-order chi connectivity index (χ0) is 74.6. The van der Waals surface area contributed by atoms with E-state index in [9.17, 15) is 19.5 Å². The summed E-state index contributed by atoms with van der Waals surface area (Å²) >= 11 is 0. The van der Waals surface area contributed by atoms with Gasteiger partial charge in [0.25, 0.3) is 6.29 Å². The molecule has 0 radical (unpaired) electrons. The second-order valence-electron chi connectivity index (χ2n) is 28.0. The summed E-state index contributed by atoms with van der Waals surface area (Å²) in [5.41, 5.74) is 0. The molecule has 9 nitrogen and oxygen atoms in total. The van der Waals surface area contributed by atoms with Crippen molar-refractivity contribution in [3.63, 3.8) is 0 Å². The maximum Gasteiger partial charge on any atom is 0.361 e. The van der Waals surface area contributed by atoms with Crippen molar-refractivity contribution in [1.29, 1.82) is 0 Å². The van der Waals surface area contributed by atoms with Gasteiger partial charge in [-0.2, -0.15) is 0 Å². The lowest BCUT2D eigenvalue weighted by Crippen LogP contribution is -2.40. The minimum absolute atomic E-state index is 0.177. The van der Waals surface area contributed by atoms with E-state index in [0.717, 1.165) is 154 Å². The lowest BCUT2D eigenvalue weighted by molar-refractivity contribution is -0.870. The van der Waals surface area contributed by atoms with Crippen LogP contribution >= 0.6 is 0 Å². The van der Waals surface area contributed by atoms with Gasteiger partial charge in [0.1, 0.15) is 13.2 Å². The molecule has 580 valence electrons. The summed E-state index contributed by atoms with van der Waals surface area (Å²) in [7, 11) is 5.97. The van der Waals surface area contributed by atoms with Gasteiger partial charge in [-0.3, -0.25) is 9.59 Å². The van der Waals surface area contributed by atoms with Gasteiger partial charge in [-0.15, -0.1) is 0 Å². The third-order valence-electron chi connectivity index (χ3n) is 17.0. The van der Waals surface area contributed by atoms with Gasteiger partial charge in [-0.05, 0) is 148 Å². The number of ether oxygens (including phenoxy) is 4. The van der Waals surface area contributed by atoms with Crippen LogP contribution in [0.2, 0.25) is 0 Å². The SMILES string of the molecule is CC/C=C\C/C=C\C/C=C\C/C=C\C/C=C\C/C=C\C/C=C\C/C=C\C/C=C\C/C=C\CCCCCCCCCCC(=O)OC(COC(=O)CCCCCCCCCCCCCCCCCCC/C=C\C/C=C\C/C=C\C/C=C\C/C=C\C/C=C\C/C=C\CC)COC(OCC[N+](C)(C)C)C(=O)O. The van der Waals surface area contributed by atoms with Gasteiger partial charge in [-0.1, -0.05) is 355 Å². The van der Waals surface area contributed by atoms with E-state index in [4.69, 9.17) is 18.9 Å². The minimum atomic E-state index is -1.53. The Morgan fingerprint density at radius 2 is 0.524 bits per heavy atom. The molecule has 0 rings (SSSR count). The largest absolute Gasteiger partial charge is 0.477 e. The monoisotopic (exact) mass is 1420 g/mol. The van der Waals surface area contributed by atoms with Crippen LogP contribution in [0.3, 0.4) is 0 Å². The molecule has 0 aliphatic rings. The number of unbranched alkanes of at least 4 members (excludes halogenated alkanes) is 25. The third-order valence-corrected chi connectivity index (χ3v) is 17.0. The summed E-state index contributed by atoms with van der Waals surface area (Å²) in [6.45, 7) is 4.64. The molecule has 0 aromatic rings. The van der Waals surface area contributed by atoms with Crippen LogP contribution in [-0.4, -0.2) is 87.4 Å². The van der Waals surface area contributed by atoms with E-state index in [1.54, 1.807) is 0 Å². The summed E-state index contributed by atoms with van der Waals surface area (Å²) < 4.78 is 23.0. The number of hydrogen-bond acceptors (Lipinski definition) is 7. The predicted octanol–water partition coefficient (Wildman–Crippen LogP) is 27.0. The van der Waals surface area contributed by atoms with Crippen molar-refractivity contribution in [1.82, 2.24) is 0 Å². The van der Waals surface area contributed by atoms with Crippen LogP contribution in [0, 0.1) is 0 Å². The highest BCUT2D eigenvalue weighted by atomic mass is 16.7. The maximum absolute atomic E-state index is 13.0. The van der Waals surface area contributed by atoms with Gasteiger partial charge >= 0.3 is 17.9 Å². The topological polar surface area (TPSA) is 108 Å². The molecule has 0 saturated heterocycles. The number of hydrogen-bond donors (Lipinski definition) is 1. The van der Waals surface area contributed by atoms with Gasteiger partial charge < -0.3 is 28.5 Å². The fraction of sp³-hybridized carbons (Fsp3) is 0.606. The zero-order valence-electron chi connectivity index (χ0n) is 66.4. The van der Waals surface area contributed by atoms with Crippen molar-refractivity contribution in [2.75, 3.05) is 47.5 Å². The van der Waals surface area contributed by atoms with E-state index in [1.807, 2.05) is 21.1 Å². The number of carbonyl (C=O) groups is 3. The number of rotatable bonds is 74. The fourth-order valence-electron chi connectivity index (χ4n) is 10.8. The maximum atomic E-state index is 13.0. The molecular weight excluding hydrogens is 1270 g/mol. The first kappa shape index (κ1) is 96.9. The molecule has 2 atom stereocenters. The van der Waals surface area contributed by atoms with Crippen LogP contribution in [0.4, 0.5) is 0 Å². The Morgan fingerprint density at radius 3 is 0.777 bits per heavy atom. The second-order valence-corrected chi connectivity index (χ2v) is 28.0. The Kier molecular flexibility index (Phi) is 76.7. The second kappa shape index (κ2) is 81.5. The first-order valence-electron chi connectivity index (χ1n) is 41.2. The number of aliphatic carboxylic acids is 1. The van der Waals surface area contributed by atoms with E-state index in [2.05, 4.69) is 220 Å². The molecule has 103 heavy (non-hydrogen) atoms. The highest BCUT2D eigenvalue weighted by molar-refractivity contribution is 5.71. The van der Waals surface area contributed by atoms with Gasteiger partial charge in [0.15, 0.2) is 6.10 Å². The Balaban J connectivity index is 4.11. The van der Waals surface area contributed by atoms with Crippen LogP contribution in [-0.2, 0) is 33.3 Å². The van der Waals surface area contributed by atoms with E-state index in [1.165, 1.54) is 122 Å². The Labute approximate surface area is 633 Å². The quantitative estimate of drug-likeness (QED) is 0.0211. The number of nitrogens with zero attached hydrogens (tertiary/aromatic N) is 1. The van der Waals surface area contributed by atoms with Gasteiger partial charge in [-0.25, -0.2) is 4.79 Å². The average Bonchev–Trinajstić information content (AvgIpc) is 0.985. The molecular formula is C94H152NO8+. The van der Waals surface area contributed by atoms with Gasteiger partial charge in [0.05, 0.1) is 34.4 Å². The molecule has 0 aromatic heterocycles. The van der Waals surface area contributed by atoms with Crippen molar-refractivity contribution in [2.24, 2.45) is 0 Å². The van der Waals surface area contributed by atoms with Gasteiger partial charge in [0.2, 0.25) is 0 Å². The van der Waals surface area contributed by atoms with Crippen LogP contribution in [0.1, 0.15) is 309 Å².